The van der Waals surface area contributed by atoms with Gasteiger partial charge in [0, 0.05) is 25.7 Å². The fourth-order valence-corrected chi connectivity index (χ4v) is 3.05. The minimum atomic E-state index is -4.46. The number of benzene rings is 1. The van der Waals surface area contributed by atoms with E-state index in [1.54, 1.807) is 4.90 Å². The van der Waals surface area contributed by atoms with E-state index in [0.29, 0.717) is 25.6 Å². The highest BCUT2D eigenvalue weighted by atomic mass is 127. The van der Waals surface area contributed by atoms with Crippen LogP contribution in [0.4, 0.5) is 18.0 Å². The van der Waals surface area contributed by atoms with Gasteiger partial charge in [0.2, 0.25) is 0 Å². The van der Waals surface area contributed by atoms with E-state index < -0.39 is 17.8 Å². The first-order valence-electron chi connectivity index (χ1n) is 10.1. The fourth-order valence-electron chi connectivity index (χ4n) is 3.05. The minimum Gasteiger partial charge on any atom is -0.491 e. The summed E-state index contributed by atoms with van der Waals surface area (Å²) >= 11 is 0. The first-order chi connectivity index (χ1) is 14.7. The summed E-state index contributed by atoms with van der Waals surface area (Å²) in [4.78, 5) is 17.5. The number of hydrogen-bond acceptors (Lipinski definition) is 5. The van der Waals surface area contributed by atoms with Crippen LogP contribution < -0.4 is 15.4 Å². The number of piperidine rings is 1. The molecule has 0 saturated carbocycles. The van der Waals surface area contributed by atoms with Gasteiger partial charge >= 0.3 is 12.3 Å². The predicted octanol–water partition coefficient (Wildman–Crippen LogP) is 2.85. The summed E-state index contributed by atoms with van der Waals surface area (Å²) in [6, 6.07) is 4.61. The lowest BCUT2D eigenvalue weighted by Crippen LogP contribution is -2.50. The van der Waals surface area contributed by atoms with Crippen molar-refractivity contribution in [2.24, 2.45) is 4.99 Å². The molecule has 0 spiro atoms. The monoisotopic (exact) mass is 574 g/mol. The van der Waals surface area contributed by atoms with Gasteiger partial charge in [-0.15, -0.1) is 24.0 Å². The lowest BCUT2D eigenvalue weighted by molar-refractivity contribution is -0.137. The Hall–Kier alpha value is -1.96. The zero-order chi connectivity index (χ0) is 22.9. The number of guanidine groups is 1. The molecule has 12 heteroatoms. The number of aliphatic hydroxyl groups is 1. The molecule has 1 fully saturated rings. The lowest BCUT2D eigenvalue weighted by Gasteiger charge is -2.32. The number of alkyl halides is 3. The van der Waals surface area contributed by atoms with Crippen molar-refractivity contribution in [2.45, 2.75) is 38.1 Å². The predicted molar refractivity (Wildman–Crippen MR) is 124 cm³/mol. The summed E-state index contributed by atoms with van der Waals surface area (Å²) in [7, 11) is 1.35. The van der Waals surface area contributed by atoms with Gasteiger partial charge < -0.3 is 30.1 Å². The molecule has 3 N–H and O–H groups in total. The molecule has 1 aromatic carbocycles. The Morgan fingerprint density at radius 3 is 2.62 bits per heavy atom. The number of methoxy groups -OCH3 is 1. The van der Waals surface area contributed by atoms with Gasteiger partial charge in [-0.3, -0.25) is 4.99 Å². The number of aliphatic hydroxyl groups excluding tert-OH is 1. The maximum atomic E-state index is 12.8. The number of amides is 1. The molecule has 32 heavy (non-hydrogen) atoms. The van der Waals surface area contributed by atoms with Crippen LogP contribution in [0.3, 0.4) is 0 Å². The van der Waals surface area contributed by atoms with Gasteiger partial charge in [0.1, 0.15) is 18.5 Å². The molecule has 8 nitrogen and oxygen atoms in total. The summed E-state index contributed by atoms with van der Waals surface area (Å²) in [6.07, 6.45) is -4.35. The largest absolute Gasteiger partial charge is 0.491 e. The average molecular weight is 574 g/mol. The molecular formula is C20H30F3IN4O4. The highest BCUT2D eigenvalue weighted by Gasteiger charge is 2.30. The quantitative estimate of drug-likeness (QED) is 0.264. The number of halogens is 4. The Kier molecular flexibility index (Phi) is 11.9. The fraction of sp³-hybridized carbons (Fsp3) is 0.600. The second-order valence-corrected chi connectivity index (χ2v) is 7.09. The van der Waals surface area contributed by atoms with Gasteiger partial charge in [0.25, 0.3) is 0 Å². The summed E-state index contributed by atoms with van der Waals surface area (Å²) in [5, 5.41) is 16.5. The highest BCUT2D eigenvalue weighted by Crippen LogP contribution is 2.31. The number of ether oxygens (including phenoxy) is 2. The average Bonchev–Trinajstić information content (AvgIpc) is 2.75. The van der Waals surface area contributed by atoms with Crippen molar-refractivity contribution >= 4 is 36.0 Å². The molecule has 1 heterocycles. The van der Waals surface area contributed by atoms with Gasteiger partial charge in [0.15, 0.2) is 5.96 Å². The first kappa shape index (κ1) is 28.1. The van der Waals surface area contributed by atoms with Crippen LogP contribution in [0.25, 0.3) is 0 Å². The van der Waals surface area contributed by atoms with Crippen LogP contribution in [-0.4, -0.2) is 74.1 Å². The van der Waals surface area contributed by atoms with Crippen molar-refractivity contribution in [3.05, 3.63) is 29.8 Å². The standard InChI is InChI=1S/C20H29F3N4O4.HI/c1-3-24-18(26-15-7-9-27(10-8-15)19(29)30-2)25-12-16(28)13-31-17-6-4-5-14(11-17)20(21,22)23;/h4-6,11,15-16,28H,3,7-10,12-13H2,1-2H3,(H2,24,25,26);1H. The Morgan fingerprint density at radius 2 is 2.03 bits per heavy atom. The number of nitrogens with zero attached hydrogens (tertiary/aromatic N) is 2. The van der Waals surface area contributed by atoms with Crippen molar-refractivity contribution in [1.82, 2.24) is 15.5 Å². The van der Waals surface area contributed by atoms with E-state index >= 15 is 0 Å². The number of hydrogen-bond donors (Lipinski definition) is 3. The number of rotatable bonds is 7. The molecule has 1 unspecified atom stereocenters. The van der Waals surface area contributed by atoms with E-state index in [1.807, 2.05) is 6.92 Å². The van der Waals surface area contributed by atoms with E-state index in [4.69, 9.17) is 9.47 Å². The van der Waals surface area contributed by atoms with Crippen LogP contribution >= 0.6 is 24.0 Å². The Bertz CT molecular complexity index is 744. The molecule has 1 atom stereocenters. The molecule has 1 amide bonds. The topological polar surface area (TPSA) is 95.4 Å². The third-order valence-electron chi connectivity index (χ3n) is 4.68. The lowest BCUT2D eigenvalue weighted by atomic mass is 10.1. The zero-order valence-corrected chi connectivity index (χ0v) is 20.4. The molecule has 0 radical (unpaired) electrons. The van der Waals surface area contributed by atoms with Gasteiger partial charge in [-0.05, 0) is 38.0 Å². The number of carbonyl (C=O) groups is 1. The van der Waals surface area contributed by atoms with Crippen molar-refractivity contribution in [1.29, 1.82) is 0 Å². The zero-order valence-electron chi connectivity index (χ0n) is 18.0. The van der Waals surface area contributed by atoms with Crippen molar-refractivity contribution in [3.63, 3.8) is 0 Å². The van der Waals surface area contributed by atoms with Gasteiger partial charge in [0.05, 0.1) is 19.2 Å². The van der Waals surface area contributed by atoms with Crippen LogP contribution in [0.1, 0.15) is 25.3 Å². The second-order valence-electron chi connectivity index (χ2n) is 7.09. The third kappa shape index (κ3) is 9.27. The summed E-state index contributed by atoms with van der Waals surface area (Å²) in [5.74, 6) is 0.539. The van der Waals surface area contributed by atoms with Gasteiger partial charge in [-0.25, -0.2) is 4.79 Å². The molecule has 2 rings (SSSR count). The molecule has 0 bridgehead atoms. The third-order valence-corrected chi connectivity index (χ3v) is 4.68. The normalized spacial score (nSPS) is 16.1. The van der Waals surface area contributed by atoms with E-state index in [-0.39, 0.29) is 55.0 Å². The minimum absolute atomic E-state index is 0. The number of carbonyl (C=O) groups excluding carboxylic acids is 1. The summed E-state index contributed by atoms with van der Waals surface area (Å²) < 4.78 is 48.3. The Labute approximate surface area is 202 Å². The number of aliphatic imine (C=N–C) groups is 1. The molecule has 182 valence electrons. The van der Waals surface area contributed by atoms with Crippen LogP contribution in [0, 0.1) is 0 Å². The van der Waals surface area contributed by atoms with Crippen molar-refractivity contribution in [2.75, 3.05) is 39.9 Å². The molecule has 0 aliphatic carbocycles. The highest BCUT2D eigenvalue weighted by molar-refractivity contribution is 14.0. The molecule has 1 aromatic rings. The Balaban J connectivity index is 0.00000512. The van der Waals surface area contributed by atoms with Gasteiger partial charge in [-0.2, -0.15) is 13.2 Å². The number of nitrogens with one attached hydrogen (secondary N) is 2. The summed E-state index contributed by atoms with van der Waals surface area (Å²) in [5.41, 5.74) is -0.811. The van der Waals surface area contributed by atoms with E-state index in [1.165, 1.54) is 19.2 Å². The van der Waals surface area contributed by atoms with E-state index in [0.717, 1.165) is 25.0 Å². The Morgan fingerprint density at radius 1 is 1.34 bits per heavy atom. The second kappa shape index (κ2) is 13.6. The maximum Gasteiger partial charge on any atom is 0.416 e. The van der Waals surface area contributed by atoms with Crippen molar-refractivity contribution in [3.8, 4) is 5.75 Å². The van der Waals surface area contributed by atoms with Crippen molar-refractivity contribution < 1.29 is 32.5 Å². The summed E-state index contributed by atoms with van der Waals surface area (Å²) in [6.45, 7) is 3.47. The molecule has 1 aliphatic heterocycles. The smallest absolute Gasteiger partial charge is 0.416 e. The molecule has 1 aliphatic rings. The number of likely N-dealkylation sites (tertiary alicyclic amines) is 1. The van der Waals surface area contributed by atoms with Crippen LogP contribution in [0.15, 0.2) is 29.3 Å². The SMILES string of the molecule is CCNC(=NCC(O)COc1cccc(C(F)(F)F)c1)NC1CCN(C(=O)OC)CC1.I. The van der Waals surface area contributed by atoms with Crippen LogP contribution in [0.5, 0.6) is 5.75 Å². The molecule has 0 aromatic heterocycles. The first-order valence-corrected chi connectivity index (χ1v) is 10.1. The van der Waals surface area contributed by atoms with Crippen LogP contribution in [0.2, 0.25) is 0 Å². The van der Waals surface area contributed by atoms with Gasteiger partial charge in [-0.1, -0.05) is 6.07 Å². The van der Waals surface area contributed by atoms with E-state index in [2.05, 4.69) is 15.6 Å². The van der Waals surface area contributed by atoms with E-state index in [9.17, 15) is 23.1 Å². The van der Waals surface area contributed by atoms with Crippen LogP contribution in [-0.2, 0) is 10.9 Å². The maximum absolute atomic E-state index is 12.8. The molecular weight excluding hydrogens is 544 g/mol. The molecule has 1 saturated heterocycles.